The summed E-state index contributed by atoms with van der Waals surface area (Å²) in [5.41, 5.74) is -0.927. The standard InChI is InChI=1S/C18H14O6/c19-15(13(17(21)22)11-7-3-1-4-8-11)16(20)14(18(23)24)12-9-5-2-6-10-12/h1-10,19-20H,(H,21,22)(H,23,24). The van der Waals surface area contributed by atoms with Crippen LogP contribution in [0.5, 0.6) is 0 Å². The van der Waals surface area contributed by atoms with Gasteiger partial charge in [0.2, 0.25) is 0 Å². The molecule has 6 nitrogen and oxygen atoms in total. The van der Waals surface area contributed by atoms with Gasteiger partial charge >= 0.3 is 11.9 Å². The average Bonchev–Trinajstić information content (AvgIpc) is 2.56. The van der Waals surface area contributed by atoms with Crippen molar-refractivity contribution in [3.63, 3.8) is 0 Å². The van der Waals surface area contributed by atoms with E-state index in [1.807, 2.05) is 0 Å². The topological polar surface area (TPSA) is 115 Å². The summed E-state index contributed by atoms with van der Waals surface area (Å²) in [6, 6.07) is 15.2. The maximum atomic E-state index is 11.5. The van der Waals surface area contributed by atoms with Crippen molar-refractivity contribution in [2.75, 3.05) is 0 Å². The Labute approximate surface area is 137 Å². The molecule has 0 bridgehead atoms. The highest BCUT2D eigenvalue weighted by molar-refractivity contribution is 6.20. The van der Waals surface area contributed by atoms with Gasteiger partial charge in [0.05, 0.1) is 0 Å². The SMILES string of the molecule is O=C(O)C(=C(O)C(O)=C(C(=O)O)c1ccccc1)c1ccccc1. The predicted molar refractivity (Wildman–Crippen MR) is 87.3 cm³/mol. The highest BCUT2D eigenvalue weighted by Crippen LogP contribution is 2.27. The zero-order valence-electron chi connectivity index (χ0n) is 12.4. The van der Waals surface area contributed by atoms with Gasteiger partial charge in [0, 0.05) is 0 Å². The third-order valence-corrected chi connectivity index (χ3v) is 3.25. The molecule has 4 N–H and O–H groups in total. The maximum Gasteiger partial charge on any atom is 0.340 e. The second-order valence-corrected chi connectivity index (χ2v) is 4.79. The highest BCUT2D eigenvalue weighted by Gasteiger charge is 2.25. The Morgan fingerprint density at radius 1 is 0.542 bits per heavy atom. The molecule has 0 aliphatic carbocycles. The molecule has 122 valence electrons. The molecule has 2 aromatic rings. The Kier molecular flexibility index (Phi) is 5.01. The van der Waals surface area contributed by atoms with Gasteiger partial charge in [-0.1, -0.05) is 60.7 Å². The second kappa shape index (κ2) is 7.15. The molecule has 2 rings (SSSR count). The van der Waals surface area contributed by atoms with Crippen LogP contribution in [0.15, 0.2) is 72.2 Å². The number of aliphatic hydroxyl groups is 2. The van der Waals surface area contributed by atoms with Crippen molar-refractivity contribution in [2.24, 2.45) is 0 Å². The van der Waals surface area contributed by atoms with Crippen molar-refractivity contribution in [3.05, 3.63) is 83.3 Å². The smallest absolute Gasteiger partial charge is 0.340 e. The lowest BCUT2D eigenvalue weighted by Gasteiger charge is -2.10. The van der Waals surface area contributed by atoms with E-state index >= 15 is 0 Å². The average molecular weight is 326 g/mol. The number of carboxylic acids is 2. The molecule has 0 saturated carbocycles. The molecule has 0 saturated heterocycles. The lowest BCUT2D eigenvalue weighted by Crippen LogP contribution is -2.10. The van der Waals surface area contributed by atoms with Crippen LogP contribution in [0, 0.1) is 0 Å². The largest absolute Gasteiger partial charge is 0.504 e. The summed E-state index contributed by atoms with van der Waals surface area (Å²) in [5, 5.41) is 39.1. The van der Waals surface area contributed by atoms with Crippen LogP contribution in [0.1, 0.15) is 11.1 Å². The first kappa shape index (κ1) is 16.8. The molecular weight excluding hydrogens is 312 g/mol. The molecule has 0 spiro atoms. The molecule has 6 heteroatoms. The number of rotatable bonds is 5. The van der Waals surface area contributed by atoms with Crippen molar-refractivity contribution < 1.29 is 30.0 Å². The molecule has 0 aromatic heterocycles. The van der Waals surface area contributed by atoms with Gasteiger partial charge in [-0.25, -0.2) is 9.59 Å². The van der Waals surface area contributed by atoms with E-state index in [9.17, 15) is 30.0 Å². The van der Waals surface area contributed by atoms with Gasteiger partial charge in [-0.05, 0) is 11.1 Å². The van der Waals surface area contributed by atoms with Crippen molar-refractivity contribution >= 4 is 23.1 Å². The lowest BCUT2D eigenvalue weighted by atomic mass is 9.99. The number of aliphatic hydroxyl groups excluding tert-OH is 2. The van der Waals surface area contributed by atoms with E-state index in [-0.39, 0.29) is 11.1 Å². The van der Waals surface area contributed by atoms with Gasteiger partial charge in [-0.15, -0.1) is 0 Å². The summed E-state index contributed by atoms with van der Waals surface area (Å²) in [5.74, 6) is -5.03. The molecule has 0 heterocycles. The molecular formula is C18H14O6. The van der Waals surface area contributed by atoms with Crippen molar-refractivity contribution in [2.45, 2.75) is 0 Å². The summed E-state index contributed by atoms with van der Waals surface area (Å²) < 4.78 is 0. The first-order chi connectivity index (χ1) is 11.4. The lowest BCUT2D eigenvalue weighted by molar-refractivity contribution is -0.131. The third kappa shape index (κ3) is 3.44. The van der Waals surface area contributed by atoms with Gasteiger partial charge in [0.15, 0.2) is 11.5 Å². The number of hydrogen-bond acceptors (Lipinski definition) is 4. The summed E-state index contributed by atoms with van der Waals surface area (Å²) in [7, 11) is 0. The zero-order valence-corrected chi connectivity index (χ0v) is 12.4. The molecule has 2 aromatic carbocycles. The summed E-state index contributed by atoms with van der Waals surface area (Å²) in [6.07, 6.45) is 0. The Morgan fingerprint density at radius 3 is 1.08 bits per heavy atom. The predicted octanol–water partition coefficient (Wildman–Crippen LogP) is 3.09. The Hall–Kier alpha value is -3.54. The number of carbonyl (C=O) groups is 2. The van der Waals surface area contributed by atoms with Crippen LogP contribution >= 0.6 is 0 Å². The van der Waals surface area contributed by atoms with E-state index in [1.165, 1.54) is 24.3 Å². The number of aliphatic carboxylic acids is 2. The van der Waals surface area contributed by atoms with Crippen LogP contribution in [0.3, 0.4) is 0 Å². The van der Waals surface area contributed by atoms with Gasteiger partial charge in [-0.3, -0.25) is 0 Å². The van der Waals surface area contributed by atoms with Crippen molar-refractivity contribution in [1.29, 1.82) is 0 Å². The Morgan fingerprint density at radius 2 is 0.833 bits per heavy atom. The Balaban J connectivity index is 2.72. The normalized spacial score (nSPS) is 12.8. The fraction of sp³-hybridized carbons (Fsp3) is 0. The number of hydrogen-bond donors (Lipinski definition) is 4. The summed E-state index contributed by atoms with van der Waals surface area (Å²) in [4.78, 5) is 23.0. The van der Waals surface area contributed by atoms with Gasteiger partial charge < -0.3 is 20.4 Å². The van der Waals surface area contributed by atoms with Crippen LogP contribution in [-0.2, 0) is 9.59 Å². The monoisotopic (exact) mass is 326 g/mol. The molecule has 0 radical (unpaired) electrons. The molecule has 0 fully saturated rings. The quantitative estimate of drug-likeness (QED) is 0.381. The van der Waals surface area contributed by atoms with Crippen LogP contribution in [-0.4, -0.2) is 32.4 Å². The van der Waals surface area contributed by atoms with E-state index in [1.54, 1.807) is 36.4 Å². The van der Waals surface area contributed by atoms with E-state index in [4.69, 9.17) is 0 Å². The van der Waals surface area contributed by atoms with Crippen LogP contribution in [0.2, 0.25) is 0 Å². The molecule has 0 amide bonds. The molecule has 0 atom stereocenters. The fourth-order valence-corrected chi connectivity index (χ4v) is 2.17. The fourth-order valence-electron chi connectivity index (χ4n) is 2.17. The van der Waals surface area contributed by atoms with E-state index in [0.29, 0.717) is 0 Å². The molecule has 0 aliphatic heterocycles. The third-order valence-electron chi connectivity index (χ3n) is 3.25. The van der Waals surface area contributed by atoms with E-state index in [0.717, 1.165) is 0 Å². The zero-order chi connectivity index (χ0) is 17.7. The summed E-state index contributed by atoms with van der Waals surface area (Å²) in [6.45, 7) is 0. The second-order valence-electron chi connectivity index (χ2n) is 4.79. The molecule has 24 heavy (non-hydrogen) atoms. The van der Waals surface area contributed by atoms with Crippen LogP contribution in [0.4, 0.5) is 0 Å². The van der Waals surface area contributed by atoms with Gasteiger partial charge in [0.1, 0.15) is 11.1 Å². The minimum atomic E-state index is -1.50. The van der Waals surface area contributed by atoms with Crippen molar-refractivity contribution in [1.82, 2.24) is 0 Å². The highest BCUT2D eigenvalue weighted by atomic mass is 16.4. The van der Waals surface area contributed by atoms with Crippen LogP contribution < -0.4 is 0 Å². The van der Waals surface area contributed by atoms with Crippen LogP contribution in [0.25, 0.3) is 11.1 Å². The Bertz CT molecular complexity index is 748. The first-order valence-corrected chi connectivity index (χ1v) is 6.87. The molecule has 0 aliphatic rings. The molecule has 0 unspecified atom stereocenters. The van der Waals surface area contributed by atoms with E-state index < -0.39 is 34.6 Å². The number of benzene rings is 2. The first-order valence-electron chi connectivity index (χ1n) is 6.87. The van der Waals surface area contributed by atoms with Gasteiger partial charge in [0.25, 0.3) is 0 Å². The van der Waals surface area contributed by atoms with Crippen molar-refractivity contribution in [3.8, 4) is 0 Å². The van der Waals surface area contributed by atoms with Gasteiger partial charge in [-0.2, -0.15) is 0 Å². The minimum absolute atomic E-state index is 0.131. The maximum absolute atomic E-state index is 11.5. The number of carboxylic acid groups (broad SMARTS) is 2. The van der Waals surface area contributed by atoms with E-state index in [2.05, 4.69) is 0 Å². The minimum Gasteiger partial charge on any atom is -0.504 e. The summed E-state index contributed by atoms with van der Waals surface area (Å²) >= 11 is 0.